The predicted octanol–water partition coefficient (Wildman–Crippen LogP) is 2.23. The van der Waals surface area contributed by atoms with Crippen molar-refractivity contribution in [3.63, 3.8) is 0 Å². The second-order valence-corrected chi connectivity index (χ2v) is 7.24. The molecule has 0 spiro atoms. The minimum atomic E-state index is -0.480. The topological polar surface area (TPSA) is 81.9 Å². The molecule has 2 N–H and O–H groups in total. The van der Waals surface area contributed by atoms with Crippen LogP contribution in [0.15, 0.2) is 24.3 Å². The highest BCUT2D eigenvalue weighted by Crippen LogP contribution is 2.40. The molecule has 2 heterocycles. The average molecular weight is 346 g/mol. The average Bonchev–Trinajstić information content (AvgIpc) is 2.78. The normalized spacial score (nSPS) is 28.8. The number of nitrogens with zero attached hydrogens (tertiary/aromatic N) is 1. The van der Waals surface area contributed by atoms with E-state index in [-0.39, 0.29) is 18.1 Å². The maximum absolute atomic E-state index is 12.7. The van der Waals surface area contributed by atoms with E-state index in [0.29, 0.717) is 23.7 Å². The Kier molecular flexibility index (Phi) is 4.99. The van der Waals surface area contributed by atoms with Gasteiger partial charge in [-0.2, -0.15) is 0 Å². The van der Waals surface area contributed by atoms with Crippen molar-refractivity contribution in [1.29, 1.82) is 0 Å². The number of nitrogens with two attached hydrogens (primary N) is 1. The molecule has 4 atom stereocenters. The fourth-order valence-corrected chi connectivity index (χ4v) is 4.05. The molecule has 1 aromatic carbocycles. The number of esters is 2. The van der Waals surface area contributed by atoms with Gasteiger partial charge in [-0.25, -0.2) is 4.79 Å². The number of hydrogen-bond donors (Lipinski definition) is 1. The van der Waals surface area contributed by atoms with E-state index in [1.165, 1.54) is 0 Å². The summed E-state index contributed by atoms with van der Waals surface area (Å²) in [6, 6.07) is 7.21. The summed E-state index contributed by atoms with van der Waals surface area (Å²) in [7, 11) is 2.03. The maximum Gasteiger partial charge on any atom is 0.340 e. The molecular weight excluding hydrogens is 320 g/mol. The first-order chi connectivity index (χ1) is 11.9. The SMILES string of the molecule is CC(C)OC(=O)C1C2CCC(C[C@@H]1OC(=O)c1ccccc1N)N2C. The highest BCUT2D eigenvalue weighted by atomic mass is 16.6. The van der Waals surface area contributed by atoms with Gasteiger partial charge in [0.2, 0.25) is 0 Å². The lowest BCUT2D eigenvalue weighted by atomic mass is 9.87. The molecule has 2 fully saturated rings. The molecule has 0 saturated carbocycles. The van der Waals surface area contributed by atoms with Crippen LogP contribution in [0.25, 0.3) is 0 Å². The zero-order chi connectivity index (χ0) is 18.1. The van der Waals surface area contributed by atoms with Gasteiger partial charge in [0.15, 0.2) is 0 Å². The summed E-state index contributed by atoms with van der Waals surface area (Å²) in [6.45, 7) is 3.65. The van der Waals surface area contributed by atoms with Gasteiger partial charge in [0.25, 0.3) is 0 Å². The van der Waals surface area contributed by atoms with Crippen LogP contribution in [0.1, 0.15) is 43.5 Å². The van der Waals surface area contributed by atoms with Crippen LogP contribution in [-0.2, 0) is 14.3 Å². The van der Waals surface area contributed by atoms with Crippen LogP contribution >= 0.6 is 0 Å². The number of anilines is 1. The van der Waals surface area contributed by atoms with Crippen LogP contribution in [0.3, 0.4) is 0 Å². The Labute approximate surface area is 148 Å². The van der Waals surface area contributed by atoms with E-state index < -0.39 is 18.0 Å². The van der Waals surface area contributed by atoms with Gasteiger partial charge in [-0.05, 0) is 45.9 Å². The largest absolute Gasteiger partial charge is 0.463 e. The second kappa shape index (κ2) is 7.04. The van der Waals surface area contributed by atoms with E-state index >= 15 is 0 Å². The lowest BCUT2D eigenvalue weighted by Gasteiger charge is -2.41. The standard InChI is InChI=1S/C19H26N2O4/c1-11(2)24-19(23)17-15-9-8-12(21(15)3)10-16(17)25-18(22)13-6-4-5-7-14(13)20/h4-7,11-12,15-17H,8-10,20H2,1-3H3/t12?,15?,16-,17?/m0/s1. The van der Waals surface area contributed by atoms with Crippen LogP contribution in [0.5, 0.6) is 0 Å². The zero-order valence-corrected chi connectivity index (χ0v) is 15.0. The third kappa shape index (κ3) is 3.49. The van der Waals surface area contributed by atoms with Gasteiger partial charge in [0, 0.05) is 24.2 Å². The van der Waals surface area contributed by atoms with E-state index in [9.17, 15) is 9.59 Å². The number of rotatable bonds is 4. The minimum absolute atomic E-state index is 0.0518. The van der Waals surface area contributed by atoms with Gasteiger partial charge >= 0.3 is 11.9 Å². The number of carbonyl (C=O) groups excluding carboxylic acids is 2. The predicted molar refractivity (Wildman–Crippen MR) is 94.0 cm³/mol. The smallest absolute Gasteiger partial charge is 0.340 e. The zero-order valence-electron chi connectivity index (χ0n) is 15.0. The molecule has 1 aromatic rings. The van der Waals surface area contributed by atoms with Crippen molar-refractivity contribution in [2.75, 3.05) is 12.8 Å². The summed E-state index contributed by atoms with van der Waals surface area (Å²) in [5, 5.41) is 0. The molecule has 2 bridgehead atoms. The Bertz CT molecular complexity index is 661. The van der Waals surface area contributed by atoms with Gasteiger partial charge in [0.05, 0.1) is 11.7 Å². The number of fused-ring (bicyclic) bond motifs is 2. The molecule has 0 aromatic heterocycles. The first-order valence-electron chi connectivity index (χ1n) is 8.86. The fourth-order valence-electron chi connectivity index (χ4n) is 4.05. The number of para-hydroxylation sites is 1. The molecule has 3 unspecified atom stereocenters. The Hall–Kier alpha value is -2.08. The number of ether oxygens (including phenoxy) is 2. The van der Waals surface area contributed by atoms with Crippen molar-refractivity contribution in [2.45, 2.75) is 57.4 Å². The summed E-state index contributed by atoms with van der Waals surface area (Å²) in [6.07, 6.45) is 1.89. The van der Waals surface area contributed by atoms with Crippen LogP contribution in [0, 0.1) is 5.92 Å². The molecule has 0 amide bonds. The molecule has 136 valence electrons. The number of hydrogen-bond acceptors (Lipinski definition) is 6. The van der Waals surface area contributed by atoms with Gasteiger partial charge in [-0.1, -0.05) is 12.1 Å². The van der Waals surface area contributed by atoms with Crippen molar-refractivity contribution in [3.05, 3.63) is 29.8 Å². The van der Waals surface area contributed by atoms with Gasteiger partial charge in [-0.3, -0.25) is 9.69 Å². The van der Waals surface area contributed by atoms with Crippen molar-refractivity contribution in [1.82, 2.24) is 4.90 Å². The molecule has 25 heavy (non-hydrogen) atoms. The van der Waals surface area contributed by atoms with Crippen LogP contribution in [0.2, 0.25) is 0 Å². The highest BCUT2D eigenvalue weighted by molar-refractivity contribution is 5.95. The maximum atomic E-state index is 12.7. The molecular formula is C19H26N2O4. The third-order valence-electron chi connectivity index (χ3n) is 5.28. The summed E-state index contributed by atoms with van der Waals surface area (Å²) in [4.78, 5) is 27.5. The van der Waals surface area contributed by atoms with E-state index in [1.54, 1.807) is 24.3 Å². The second-order valence-electron chi connectivity index (χ2n) is 7.24. The first-order valence-corrected chi connectivity index (χ1v) is 8.86. The quantitative estimate of drug-likeness (QED) is 0.665. The van der Waals surface area contributed by atoms with Gasteiger partial charge in [-0.15, -0.1) is 0 Å². The highest BCUT2D eigenvalue weighted by Gasteiger charge is 2.51. The van der Waals surface area contributed by atoms with Crippen molar-refractivity contribution >= 4 is 17.6 Å². The number of benzene rings is 1. The lowest BCUT2D eigenvalue weighted by molar-refractivity contribution is -0.162. The molecule has 0 radical (unpaired) electrons. The van der Waals surface area contributed by atoms with Crippen molar-refractivity contribution in [2.24, 2.45) is 5.92 Å². The lowest BCUT2D eigenvalue weighted by Crippen LogP contribution is -2.54. The molecule has 3 rings (SSSR count). The molecule has 2 saturated heterocycles. The summed E-state index contributed by atoms with van der Waals surface area (Å²) in [5.41, 5.74) is 6.59. The number of nitrogen functional groups attached to an aromatic ring is 1. The van der Waals surface area contributed by atoms with Crippen LogP contribution in [0.4, 0.5) is 5.69 Å². The van der Waals surface area contributed by atoms with Gasteiger partial charge in [0.1, 0.15) is 12.0 Å². The molecule has 2 aliphatic rings. The van der Waals surface area contributed by atoms with E-state index in [2.05, 4.69) is 4.90 Å². The summed E-state index contributed by atoms with van der Waals surface area (Å²) >= 11 is 0. The van der Waals surface area contributed by atoms with E-state index in [1.807, 2.05) is 20.9 Å². The Morgan fingerprint density at radius 3 is 2.64 bits per heavy atom. The Balaban J connectivity index is 1.81. The molecule has 6 nitrogen and oxygen atoms in total. The van der Waals surface area contributed by atoms with Crippen LogP contribution in [-0.4, -0.2) is 48.2 Å². The molecule has 2 aliphatic heterocycles. The molecule has 0 aliphatic carbocycles. The summed E-state index contributed by atoms with van der Waals surface area (Å²) in [5.74, 6) is -1.22. The Morgan fingerprint density at radius 2 is 1.96 bits per heavy atom. The number of piperidine rings is 1. The third-order valence-corrected chi connectivity index (χ3v) is 5.28. The van der Waals surface area contributed by atoms with E-state index in [0.717, 1.165) is 12.8 Å². The minimum Gasteiger partial charge on any atom is -0.463 e. The monoisotopic (exact) mass is 346 g/mol. The van der Waals surface area contributed by atoms with E-state index in [4.69, 9.17) is 15.2 Å². The molecule has 6 heteroatoms. The van der Waals surface area contributed by atoms with Crippen molar-refractivity contribution in [3.8, 4) is 0 Å². The van der Waals surface area contributed by atoms with Crippen molar-refractivity contribution < 1.29 is 19.1 Å². The summed E-state index contributed by atoms with van der Waals surface area (Å²) < 4.78 is 11.2. The Morgan fingerprint density at radius 1 is 1.24 bits per heavy atom. The number of carbonyl (C=O) groups is 2. The van der Waals surface area contributed by atoms with Gasteiger partial charge < -0.3 is 15.2 Å². The first kappa shape index (κ1) is 17.7. The van der Waals surface area contributed by atoms with Crippen LogP contribution < -0.4 is 5.73 Å². The fraction of sp³-hybridized carbons (Fsp3) is 0.579.